The molecule has 0 atom stereocenters. The van der Waals surface area contributed by atoms with Gasteiger partial charge < -0.3 is 9.30 Å². The van der Waals surface area contributed by atoms with E-state index in [1.165, 1.54) is 7.11 Å². The summed E-state index contributed by atoms with van der Waals surface area (Å²) < 4.78 is 7.05. The number of rotatable bonds is 4. The monoisotopic (exact) mass is 375 g/mol. The van der Waals surface area contributed by atoms with E-state index in [-0.39, 0.29) is 12.4 Å². The zero-order valence-electron chi connectivity index (χ0n) is 14.4. The minimum absolute atomic E-state index is 0.244. The molecule has 0 aliphatic carbocycles. The summed E-state index contributed by atoms with van der Waals surface area (Å²) in [7, 11) is 1.41. The molecule has 3 rings (SSSR count). The number of hydrogen-bond donors (Lipinski definition) is 0. The Hall–Kier alpha value is -1.97. The summed E-state index contributed by atoms with van der Waals surface area (Å²) in [5, 5.41) is 2.47. The smallest absolute Gasteiger partial charge is 0.310 e. The molecule has 130 valence electrons. The van der Waals surface area contributed by atoms with Crippen LogP contribution in [0.4, 0.5) is 0 Å². The molecular formula is C20H19Cl2NO2. The number of carbonyl (C=O) groups is 1. The van der Waals surface area contributed by atoms with Gasteiger partial charge in [0.15, 0.2) is 0 Å². The Bertz CT molecular complexity index is 943. The van der Waals surface area contributed by atoms with Crippen LogP contribution in [-0.2, 0) is 22.5 Å². The van der Waals surface area contributed by atoms with Crippen LogP contribution in [-0.4, -0.2) is 17.6 Å². The predicted molar refractivity (Wildman–Crippen MR) is 103 cm³/mol. The Balaban J connectivity index is 2.16. The third kappa shape index (κ3) is 3.53. The fraction of sp³-hybridized carbons (Fsp3) is 0.250. The number of benzene rings is 2. The molecule has 0 unspecified atom stereocenters. The van der Waals surface area contributed by atoms with Crippen molar-refractivity contribution in [3.05, 3.63) is 68.8 Å². The molecule has 3 nitrogen and oxygen atoms in total. The standard InChI is InChI=1S/C20H19Cl2NO2/c1-12-8-17-16(9-20(24)25-3)13(2)23(19(17)10-18(12)22)11-14-4-6-15(21)7-5-14/h4-8,10H,9,11H2,1-3H3. The van der Waals surface area contributed by atoms with Gasteiger partial charge in [-0.25, -0.2) is 0 Å². The Morgan fingerprint density at radius 2 is 1.80 bits per heavy atom. The lowest BCUT2D eigenvalue weighted by Crippen LogP contribution is -2.07. The second-order valence-corrected chi connectivity index (χ2v) is 6.99. The highest BCUT2D eigenvalue weighted by Gasteiger charge is 2.18. The number of halogens is 2. The van der Waals surface area contributed by atoms with Crippen LogP contribution in [0.2, 0.25) is 10.0 Å². The maximum atomic E-state index is 11.9. The van der Waals surface area contributed by atoms with Crippen molar-refractivity contribution < 1.29 is 9.53 Å². The highest BCUT2D eigenvalue weighted by atomic mass is 35.5. The SMILES string of the molecule is COC(=O)Cc1c(C)n(Cc2ccc(Cl)cc2)c2cc(Cl)c(C)cc12. The van der Waals surface area contributed by atoms with E-state index in [0.29, 0.717) is 16.6 Å². The molecule has 0 fully saturated rings. The summed E-state index contributed by atoms with van der Waals surface area (Å²) in [6, 6.07) is 11.8. The molecule has 3 aromatic rings. The molecule has 0 bridgehead atoms. The summed E-state index contributed by atoms with van der Waals surface area (Å²) in [5.74, 6) is -0.249. The van der Waals surface area contributed by atoms with Crippen molar-refractivity contribution in [1.82, 2.24) is 4.57 Å². The molecule has 0 amide bonds. The molecule has 0 aliphatic heterocycles. The Kier molecular flexibility index (Phi) is 5.07. The summed E-state index contributed by atoms with van der Waals surface area (Å²) in [6.45, 7) is 4.67. The van der Waals surface area contributed by atoms with E-state index in [9.17, 15) is 4.79 Å². The number of ether oxygens (including phenoxy) is 1. The Morgan fingerprint density at radius 1 is 1.12 bits per heavy atom. The third-order valence-electron chi connectivity index (χ3n) is 4.54. The van der Waals surface area contributed by atoms with Crippen LogP contribution in [0.15, 0.2) is 36.4 Å². The van der Waals surface area contributed by atoms with Gasteiger partial charge in [-0.2, -0.15) is 0 Å². The first kappa shape index (κ1) is 17.8. The van der Waals surface area contributed by atoms with E-state index in [1.54, 1.807) is 0 Å². The molecule has 1 heterocycles. The van der Waals surface area contributed by atoms with Gasteiger partial charge in [0.05, 0.1) is 19.0 Å². The number of carbonyl (C=O) groups excluding carboxylic acids is 1. The number of aryl methyl sites for hydroxylation is 1. The van der Waals surface area contributed by atoms with Gasteiger partial charge in [-0.1, -0.05) is 35.3 Å². The predicted octanol–water partition coefficient (Wildman–Crippen LogP) is 5.33. The minimum atomic E-state index is -0.249. The maximum absolute atomic E-state index is 11.9. The number of hydrogen-bond acceptors (Lipinski definition) is 2. The van der Waals surface area contributed by atoms with Crippen molar-refractivity contribution in [1.29, 1.82) is 0 Å². The van der Waals surface area contributed by atoms with Crippen molar-refractivity contribution in [3.63, 3.8) is 0 Å². The first-order chi connectivity index (χ1) is 11.9. The minimum Gasteiger partial charge on any atom is -0.469 e. The molecule has 25 heavy (non-hydrogen) atoms. The number of fused-ring (bicyclic) bond motifs is 1. The Morgan fingerprint density at radius 3 is 2.44 bits per heavy atom. The lowest BCUT2D eigenvalue weighted by molar-refractivity contribution is -0.139. The van der Waals surface area contributed by atoms with Crippen molar-refractivity contribution in [3.8, 4) is 0 Å². The first-order valence-electron chi connectivity index (χ1n) is 7.99. The number of aromatic nitrogens is 1. The number of methoxy groups -OCH3 is 1. The highest BCUT2D eigenvalue weighted by molar-refractivity contribution is 6.32. The van der Waals surface area contributed by atoms with Gasteiger partial charge in [-0.15, -0.1) is 0 Å². The van der Waals surface area contributed by atoms with E-state index in [4.69, 9.17) is 27.9 Å². The molecule has 1 aromatic heterocycles. The largest absolute Gasteiger partial charge is 0.469 e. The van der Waals surface area contributed by atoms with Gasteiger partial charge in [0.25, 0.3) is 0 Å². The van der Waals surface area contributed by atoms with Gasteiger partial charge in [0.2, 0.25) is 0 Å². The lowest BCUT2D eigenvalue weighted by atomic mass is 10.1. The normalized spacial score (nSPS) is 11.1. The van der Waals surface area contributed by atoms with Gasteiger partial charge in [0.1, 0.15) is 0 Å². The van der Waals surface area contributed by atoms with E-state index in [1.807, 2.05) is 50.2 Å². The van der Waals surface area contributed by atoms with Crippen molar-refractivity contribution in [2.75, 3.05) is 7.11 Å². The molecule has 5 heteroatoms. The molecule has 0 saturated carbocycles. The molecule has 0 N–H and O–H groups in total. The topological polar surface area (TPSA) is 31.2 Å². The van der Waals surface area contributed by atoms with Gasteiger partial charge in [-0.05, 0) is 54.8 Å². The van der Waals surface area contributed by atoms with Crippen LogP contribution in [0, 0.1) is 13.8 Å². The molecule has 2 aromatic carbocycles. The van der Waals surface area contributed by atoms with E-state index >= 15 is 0 Å². The van der Waals surface area contributed by atoms with Crippen LogP contribution >= 0.6 is 23.2 Å². The lowest BCUT2D eigenvalue weighted by Gasteiger charge is -2.10. The average molecular weight is 376 g/mol. The van der Waals surface area contributed by atoms with Gasteiger partial charge in [-0.3, -0.25) is 4.79 Å². The third-order valence-corrected chi connectivity index (χ3v) is 5.20. The zero-order chi connectivity index (χ0) is 18.1. The van der Waals surface area contributed by atoms with E-state index in [2.05, 4.69) is 4.57 Å². The van der Waals surface area contributed by atoms with E-state index < -0.39 is 0 Å². The van der Waals surface area contributed by atoms with E-state index in [0.717, 1.165) is 33.3 Å². The second kappa shape index (κ2) is 7.11. The highest BCUT2D eigenvalue weighted by Crippen LogP contribution is 2.32. The fourth-order valence-electron chi connectivity index (χ4n) is 3.09. The molecule has 0 saturated heterocycles. The Labute approximate surface area is 157 Å². The fourth-order valence-corrected chi connectivity index (χ4v) is 3.37. The summed E-state index contributed by atoms with van der Waals surface area (Å²) in [6.07, 6.45) is 0.244. The van der Waals surface area contributed by atoms with Crippen LogP contribution in [0.3, 0.4) is 0 Å². The zero-order valence-corrected chi connectivity index (χ0v) is 15.9. The second-order valence-electron chi connectivity index (χ2n) is 6.15. The van der Waals surface area contributed by atoms with Crippen LogP contribution in [0.5, 0.6) is 0 Å². The molecule has 0 aliphatic rings. The van der Waals surface area contributed by atoms with Gasteiger partial charge in [0, 0.05) is 27.7 Å². The average Bonchev–Trinajstić information content (AvgIpc) is 2.82. The van der Waals surface area contributed by atoms with Crippen molar-refractivity contribution >= 4 is 40.1 Å². The van der Waals surface area contributed by atoms with Gasteiger partial charge >= 0.3 is 5.97 Å². The maximum Gasteiger partial charge on any atom is 0.310 e. The summed E-state index contributed by atoms with van der Waals surface area (Å²) >= 11 is 12.3. The summed E-state index contributed by atoms with van der Waals surface area (Å²) in [4.78, 5) is 11.9. The van der Waals surface area contributed by atoms with Crippen molar-refractivity contribution in [2.24, 2.45) is 0 Å². The summed E-state index contributed by atoms with van der Waals surface area (Å²) in [5.41, 5.74) is 5.16. The van der Waals surface area contributed by atoms with Crippen LogP contribution in [0.1, 0.15) is 22.4 Å². The molecule has 0 spiro atoms. The molecular weight excluding hydrogens is 357 g/mol. The van der Waals surface area contributed by atoms with Crippen LogP contribution in [0.25, 0.3) is 10.9 Å². The number of nitrogens with zero attached hydrogens (tertiary/aromatic N) is 1. The van der Waals surface area contributed by atoms with Crippen molar-refractivity contribution in [2.45, 2.75) is 26.8 Å². The quantitative estimate of drug-likeness (QED) is 0.577. The first-order valence-corrected chi connectivity index (χ1v) is 8.75. The van der Waals surface area contributed by atoms with Crippen LogP contribution < -0.4 is 0 Å². The number of esters is 1. The molecule has 0 radical (unpaired) electrons.